The SMILES string of the molecule is CCOc1cc2c(cc1CNc1c([N+](=O)[O-])c(C)nn1C)OC(C)C2. The zero-order chi connectivity index (χ0) is 18.1. The lowest BCUT2D eigenvalue weighted by atomic mass is 10.1. The molecule has 0 amide bonds. The molecule has 3 rings (SSSR count). The molecule has 1 aliphatic rings. The van der Waals surface area contributed by atoms with Crippen LogP contribution in [0.4, 0.5) is 11.5 Å². The molecule has 1 unspecified atom stereocenters. The van der Waals surface area contributed by atoms with Crippen molar-refractivity contribution in [2.75, 3.05) is 11.9 Å². The average molecular weight is 346 g/mol. The number of hydrogen-bond donors (Lipinski definition) is 1. The molecule has 0 bridgehead atoms. The van der Waals surface area contributed by atoms with Crippen LogP contribution < -0.4 is 14.8 Å². The normalized spacial score (nSPS) is 15.6. The molecule has 1 aromatic heterocycles. The highest BCUT2D eigenvalue weighted by Gasteiger charge is 2.25. The number of benzene rings is 1. The summed E-state index contributed by atoms with van der Waals surface area (Å²) in [6.07, 6.45) is 1.00. The van der Waals surface area contributed by atoms with Crippen molar-refractivity contribution in [2.24, 2.45) is 7.05 Å². The molecule has 8 heteroatoms. The van der Waals surface area contributed by atoms with E-state index in [0.29, 0.717) is 24.7 Å². The zero-order valence-electron chi connectivity index (χ0n) is 14.8. The Hall–Kier alpha value is -2.77. The first kappa shape index (κ1) is 17.1. The van der Waals surface area contributed by atoms with Gasteiger partial charge < -0.3 is 14.8 Å². The van der Waals surface area contributed by atoms with E-state index in [9.17, 15) is 10.1 Å². The van der Waals surface area contributed by atoms with E-state index in [0.717, 1.165) is 29.0 Å². The smallest absolute Gasteiger partial charge is 0.333 e. The number of ether oxygens (including phenoxy) is 2. The Morgan fingerprint density at radius 2 is 2.28 bits per heavy atom. The van der Waals surface area contributed by atoms with Gasteiger partial charge in [-0.3, -0.25) is 10.1 Å². The van der Waals surface area contributed by atoms with E-state index in [2.05, 4.69) is 10.4 Å². The maximum absolute atomic E-state index is 11.3. The average Bonchev–Trinajstić information content (AvgIpc) is 3.02. The molecular weight excluding hydrogens is 324 g/mol. The molecule has 1 atom stereocenters. The van der Waals surface area contributed by atoms with Crippen LogP contribution in [0.3, 0.4) is 0 Å². The van der Waals surface area contributed by atoms with Crippen molar-refractivity contribution in [3.8, 4) is 11.5 Å². The molecule has 2 heterocycles. The summed E-state index contributed by atoms with van der Waals surface area (Å²) in [5.41, 5.74) is 2.39. The van der Waals surface area contributed by atoms with Crippen molar-refractivity contribution in [1.29, 1.82) is 0 Å². The molecule has 0 saturated heterocycles. The Morgan fingerprint density at radius 1 is 1.52 bits per heavy atom. The topological polar surface area (TPSA) is 91.5 Å². The highest BCUT2D eigenvalue weighted by Crippen LogP contribution is 2.36. The van der Waals surface area contributed by atoms with Crippen molar-refractivity contribution >= 4 is 11.5 Å². The minimum Gasteiger partial charge on any atom is -0.494 e. The predicted molar refractivity (Wildman–Crippen MR) is 93.3 cm³/mol. The zero-order valence-corrected chi connectivity index (χ0v) is 14.8. The van der Waals surface area contributed by atoms with Crippen molar-refractivity contribution in [1.82, 2.24) is 9.78 Å². The van der Waals surface area contributed by atoms with Gasteiger partial charge in [-0.1, -0.05) is 0 Å². The van der Waals surface area contributed by atoms with Gasteiger partial charge in [0.2, 0.25) is 5.82 Å². The summed E-state index contributed by atoms with van der Waals surface area (Å²) in [5, 5.41) is 18.5. The number of nitro groups is 1. The minimum atomic E-state index is -0.415. The number of aromatic nitrogens is 2. The van der Waals surface area contributed by atoms with Crippen LogP contribution in [0, 0.1) is 17.0 Å². The number of nitrogens with one attached hydrogen (secondary N) is 1. The van der Waals surface area contributed by atoms with Crippen LogP contribution in [0.1, 0.15) is 30.7 Å². The van der Waals surface area contributed by atoms with E-state index in [4.69, 9.17) is 9.47 Å². The van der Waals surface area contributed by atoms with Gasteiger partial charge in [-0.05, 0) is 32.9 Å². The molecule has 134 valence electrons. The summed E-state index contributed by atoms with van der Waals surface area (Å²) >= 11 is 0. The predicted octanol–water partition coefficient (Wildman–Crippen LogP) is 2.97. The van der Waals surface area contributed by atoms with Crippen LogP contribution in [0.2, 0.25) is 0 Å². The lowest BCUT2D eigenvalue weighted by Crippen LogP contribution is -2.08. The fourth-order valence-electron chi connectivity index (χ4n) is 3.15. The standard InChI is InChI=1S/C17H22N4O4/c1-5-24-14-7-12-6-10(2)25-15(12)8-13(14)9-18-17-16(21(22)23)11(3)19-20(17)4/h7-8,10,18H,5-6,9H2,1-4H3. The number of anilines is 1. The molecular formula is C17H22N4O4. The van der Waals surface area contributed by atoms with Gasteiger partial charge in [0.15, 0.2) is 0 Å². The van der Waals surface area contributed by atoms with E-state index in [1.807, 2.05) is 26.0 Å². The minimum absolute atomic E-state index is 0.00788. The summed E-state index contributed by atoms with van der Waals surface area (Å²) in [7, 11) is 1.68. The van der Waals surface area contributed by atoms with E-state index >= 15 is 0 Å². The number of rotatable bonds is 6. The van der Waals surface area contributed by atoms with Gasteiger partial charge in [-0.15, -0.1) is 0 Å². The van der Waals surface area contributed by atoms with E-state index in [1.165, 1.54) is 4.68 Å². The van der Waals surface area contributed by atoms with Crippen molar-refractivity contribution < 1.29 is 14.4 Å². The van der Waals surface area contributed by atoms with Gasteiger partial charge >= 0.3 is 5.69 Å². The number of nitrogens with zero attached hydrogens (tertiary/aromatic N) is 3. The van der Waals surface area contributed by atoms with Crippen LogP contribution in [-0.2, 0) is 20.0 Å². The lowest BCUT2D eigenvalue weighted by Gasteiger charge is -2.13. The second-order valence-corrected chi connectivity index (χ2v) is 6.15. The van der Waals surface area contributed by atoms with Crippen molar-refractivity contribution in [3.05, 3.63) is 39.1 Å². The molecule has 0 aliphatic carbocycles. The van der Waals surface area contributed by atoms with Gasteiger partial charge in [0, 0.05) is 31.1 Å². The molecule has 1 aromatic carbocycles. The van der Waals surface area contributed by atoms with Crippen LogP contribution in [0.5, 0.6) is 11.5 Å². The molecule has 1 aliphatic heterocycles. The summed E-state index contributed by atoms with van der Waals surface area (Å²) in [6.45, 7) is 6.51. The van der Waals surface area contributed by atoms with Crippen molar-refractivity contribution in [2.45, 2.75) is 39.8 Å². The Balaban J connectivity index is 1.89. The first-order chi connectivity index (χ1) is 11.9. The molecule has 0 saturated carbocycles. The highest BCUT2D eigenvalue weighted by atomic mass is 16.6. The lowest BCUT2D eigenvalue weighted by molar-refractivity contribution is -0.384. The van der Waals surface area contributed by atoms with Crippen LogP contribution in [0.25, 0.3) is 0 Å². The second-order valence-electron chi connectivity index (χ2n) is 6.15. The van der Waals surface area contributed by atoms with Gasteiger partial charge in [-0.25, -0.2) is 4.68 Å². The molecule has 25 heavy (non-hydrogen) atoms. The Kier molecular flexibility index (Phi) is 4.52. The summed E-state index contributed by atoms with van der Waals surface area (Å²) in [5.74, 6) is 2.00. The number of aryl methyl sites for hydroxylation is 2. The van der Waals surface area contributed by atoms with Gasteiger partial charge in [0.25, 0.3) is 0 Å². The van der Waals surface area contributed by atoms with Gasteiger partial charge in [-0.2, -0.15) is 5.10 Å². The fourth-order valence-corrected chi connectivity index (χ4v) is 3.15. The number of hydrogen-bond acceptors (Lipinski definition) is 6. The molecule has 2 aromatic rings. The molecule has 0 spiro atoms. The number of fused-ring (bicyclic) bond motifs is 1. The molecule has 0 fully saturated rings. The van der Waals surface area contributed by atoms with E-state index in [-0.39, 0.29) is 11.8 Å². The maximum Gasteiger partial charge on any atom is 0.333 e. The Morgan fingerprint density at radius 3 is 2.96 bits per heavy atom. The largest absolute Gasteiger partial charge is 0.494 e. The van der Waals surface area contributed by atoms with Crippen LogP contribution >= 0.6 is 0 Å². The molecule has 1 N–H and O–H groups in total. The van der Waals surface area contributed by atoms with E-state index < -0.39 is 4.92 Å². The van der Waals surface area contributed by atoms with Crippen LogP contribution in [0.15, 0.2) is 12.1 Å². The Labute approximate surface area is 145 Å². The third-order valence-electron chi connectivity index (χ3n) is 4.20. The van der Waals surface area contributed by atoms with E-state index in [1.54, 1.807) is 14.0 Å². The van der Waals surface area contributed by atoms with Gasteiger partial charge in [0.05, 0.1) is 11.5 Å². The third kappa shape index (κ3) is 3.24. The fraction of sp³-hybridized carbons (Fsp3) is 0.471. The van der Waals surface area contributed by atoms with Crippen molar-refractivity contribution in [3.63, 3.8) is 0 Å². The quantitative estimate of drug-likeness (QED) is 0.639. The summed E-state index contributed by atoms with van der Waals surface area (Å²) < 4.78 is 13.0. The summed E-state index contributed by atoms with van der Waals surface area (Å²) in [6, 6.07) is 3.95. The molecule has 8 nitrogen and oxygen atoms in total. The first-order valence-electron chi connectivity index (χ1n) is 8.27. The first-order valence-corrected chi connectivity index (χ1v) is 8.27. The summed E-state index contributed by atoms with van der Waals surface area (Å²) in [4.78, 5) is 10.9. The van der Waals surface area contributed by atoms with Gasteiger partial charge in [0.1, 0.15) is 23.3 Å². The molecule has 0 radical (unpaired) electrons. The maximum atomic E-state index is 11.3. The third-order valence-corrected chi connectivity index (χ3v) is 4.20. The second kappa shape index (κ2) is 6.62. The van der Waals surface area contributed by atoms with Crippen LogP contribution in [-0.4, -0.2) is 27.4 Å². The monoisotopic (exact) mass is 346 g/mol. The highest BCUT2D eigenvalue weighted by molar-refractivity contribution is 5.60. The Bertz CT molecular complexity index is 815.